The molecule has 0 aromatic heterocycles. The van der Waals surface area contributed by atoms with Crippen molar-refractivity contribution in [2.75, 3.05) is 19.6 Å². The maximum atomic E-state index is 12.9. The highest BCUT2D eigenvalue weighted by atomic mass is 35.5. The second-order valence-corrected chi connectivity index (χ2v) is 6.70. The van der Waals surface area contributed by atoms with Crippen LogP contribution >= 0.6 is 12.4 Å². The molecule has 1 atom stereocenters. The third-order valence-electron chi connectivity index (χ3n) is 5.54. The number of carbonyl (C=O) groups excluding carboxylic acids is 1. The Balaban J connectivity index is 0.00000144. The van der Waals surface area contributed by atoms with E-state index in [4.69, 9.17) is 0 Å². The van der Waals surface area contributed by atoms with E-state index in [-0.39, 0.29) is 18.4 Å². The quantitative estimate of drug-likeness (QED) is 0.905. The molecule has 4 rings (SSSR count). The molecule has 1 N–H and O–H groups in total. The lowest BCUT2D eigenvalue weighted by atomic mass is 9.87. The molecule has 1 aromatic rings. The number of hydrogen-bond donors (Lipinski definition) is 1. The number of nitrogens with zero attached hydrogens (tertiary/aromatic N) is 1. The first-order valence-corrected chi connectivity index (χ1v) is 8.48. The number of piperazine rings is 1. The van der Waals surface area contributed by atoms with E-state index in [1.165, 1.54) is 42.4 Å². The summed E-state index contributed by atoms with van der Waals surface area (Å²) in [4.78, 5) is 15.0. The van der Waals surface area contributed by atoms with Crippen molar-refractivity contribution in [3.05, 3.63) is 34.4 Å². The Kier molecular flexibility index (Phi) is 4.47. The van der Waals surface area contributed by atoms with Gasteiger partial charge in [0.05, 0.1) is 6.04 Å². The molecule has 2 fully saturated rings. The number of aryl methyl sites for hydroxylation is 1. The van der Waals surface area contributed by atoms with Crippen molar-refractivity contribution >= 4 is 18.3 Å². The molecule has 2 aliphatic heterocycles. The molecule has 1 saturated heterocycles. The lowest BCUT2D eigenvalue weighted by Gasteiger charge is -2.30. The van der Waals surface area contributed by atoms with Crippen LogP contribution in [0.4, 0.5) is 0 Å². The predicted molar refractivity (Wildman–Crippen MR) is 90.9 cm³/mol. The Labute approximate surface area is 138 Å². The zero-order valence-corrected chi connectivity index (χ0v) is 14.0. The van der Waals surface area contributed by atoms with Crippen molar-refractivity contribution in [3.63, 3.8) is 0 Å². The van der Waals surface area contributed by atoms with Gasteiger partial charge in [0.1, 0.15) is 0 Å². The second-order valence-electron chi connectivity index (χ2n) is 6.70. The average molecular weight is 321 g/mol. The van der Waals surface area contributed by atoms with E-state index < -0.39 is 0 Å². The number of nitrogens with one attached hydrogen (secondary N) is 1. The fourth-order valence-electron chi connectivity index (χ4n) is 4.39. The Morgan fingerprint density at radius 1 is 1.23 bits per heavy atom. The molecule has 3 aliphatic rings. The smallest absolute Gasteiger partial charge is 0.255 e. The zero-order valence-electron chi connectivity index (χ0n) is 13.2. The summed E-state index contributed by atoms with van der Waals surface area (Å²) in [6, 6.07) is 4.90. The first-order valence-electron chi connectivity index (χ1n) is 8.48. The summed E-state index contributed by atoms with van der Waals surface area (Å²) in [6.45, 7) is 4.91. The molecule has 0 bridgehead atoms. The number of hydrogen-bond acceptors (Lipinski definition) is 2. The lowest BCUT2D eigenvalue weighted by Crippen LogP contribution is -2.44. The van der Waals surface area contributed by atoms with Gasteiger partial charge in [0.15, 0.2) is 0 Å². The monoisotopic (exact) mass is 320 g/mol. The van der Waals surface area contributed by atoms with Gasteiger partial charge >= 0.3 is 0 Å². The summed E-state index contributed by atoms with van der Waals surface area (Å²) < 4.78 is 0. The van der Waals surface area contributed by atoms with Gasteiger partial charge in [-0.2, -0.15) is 0 Å². The van der Waals surface area contributed by atoms with E-state index in [1.54, 1.807) is 0 Å². The van der Waals surface area contributed by atoms with E-state index >= 15 is 0 Å². The predicted octanol–water partition coefficient (Wildman–Crippen LogP) is 3.43. The molecular weight excluding hydrogens is 296 g/mol. The van der Waals surface area contributed by atoms with Gasteiger partial charge in [-0.15, -0.1) is 12.4 Å². The molecular formula is C18H25ClN2O. The van der Waals surface area contributed by atoms with E-state index in [1.807, 2.05) is 0 Å². The minimum absolute atomic E-state index is 0. The summed E-state index contributed by atoms with van der Waals surface area (Å²) in [6.07, 6.45) is 6.21. The van der Waals surface area contributed by atoms with Gasteiger partial charge in [0.25, 0.3) is 5.91 Å². The number of fused-ring (bicyclic) bond motifs is 3. The molecule has 0 spiro atoms. The Morgan fingerprint density at radius 2 is 1.95 bits per heavy atom. The number of rotatable bonds is 2. The maximum Gasteiger partial charge on any atom is 0.255 e. The van der Waals surface area contributed by atoms with Crippen molar-refractivity contribution in [1.82, 2.24) is 10.2 Å². The van der Waals surface area contributed by atoms with Crippen LogP contribution in [0, 0.1) is 0 Å². The van der Waals surface area contributed by atoms with Crippen molar-refractivity contribution in [1.29, 1.82) is 0 Å². The maximum absolute atomic E-state index is 12.9. The number of benzene rings is 1. The molecule has 0 radical (unpaired) electrons. The minimum Gasteiger partial charge on any atom is -0.329 e. The van der Waals surface area contributed by atoms with Crippen molar-refractivity contribution in [3.8, 4) is 0 Å². The van der Waals surface area contributed by atoms with Crippen LogP contribution in [0.25, 0.3) is 0 Å². The van der Waals surface area contributed by atoms with Crippen molar-refractivity contribution < 1.29 is 4.79 Å². The fourth-order valence-corrected chi connectivity index (χ4v) is 4.39. The van der Waals surface area contributed by atoms with Crippen molar-refractivity contribution in [2.24, 2.45) is 0 Å². The highest BCUT2D eigenvalue weighted by Crippen LogP contribution is 2.43. The van der Waals surface area contributed by atoms with Gasteiger partial charge in [0, 0.05) is 25.2 Å². The molecule has 4 heteroatoms. The largest absolute Gasteiger partial charge is 0.329 e. The molecule has 2 heterocycles. The molecule has 0 unspecified atom stereocenters. The van der Waals surface area contributed by atoms with Crippen LogP contribution in [0.15, 0.2) is 12.1 Å². The zero-order chi connectivity index (χ0) is 14.4. The van der Waals surface area contributed by atoms with Gasteiger partial charge in [-0.05, 0) is 41.9 Å². The number of carbonyl (C=O) groups is 1. The Morgan fingerprint density at radius 3 is 2.68 bits per heavy atom. The third-order valence-corrected chi connectivity index (χ3v) is 5.54. The first-order chi connectivity index (χ1) is 10.3. The summed E-state index contributed by atoms with van der Waals surface area (Å²) in [7, 11) is 0. The molecule has 1 aromatic carbocycles. The van der Waals surface area contributed by atoms with E-state index in [0.29, 0.717) is 11.8 Å². The highest BCUT2D eigenvalue weighted by molar-refractivity contribution is 6.01. The SMILES string of the molecule is CCc1cc(C2CCCC2)c2c(c1)[C@H]1CNCCN1C2=O.Cl. The van der Waals surface area contributed by atoms with Gasteiger partial charge in [0.2, 0.25) is 0 Å². The third kappa shape index (κ3) is 2.35. The molecule has 3 nitrogen and oxygen atoms in total. The first kappa shape index (κ1) is 15.8. The van der Waals surface area contributed by atoms with Gasteiger partial charge < -0.3 is 10.2 Å². The van der Waals surface area contributed by atoms with Crippen LogP contribution in [-0.4, -0.2) is 30.4 Å². The Bertz CT molecular complexity index is 581. The van der Waals surface area contributed by atoms with E-state index in [9.17, 15) is 4.79 Å². The van der Waals surface area contributed by atoms with Gasteiger partial charge in [-0.1, -0.05) is 31.9 Å². The normalized spacial score (nSPS) is 24.1. The van der Waals surface area contributed by atoms with Crippen LogP contribution in [0.1, 0.15) is 71.6 Å². The topological polar surface area (TPSA) is 32.3 Å². The van der Waals surface area contributed by atoms with E-state index in [0.717, 1.165) is 31.6 Å². The van der Waals surface area contributed by atoms with Crippen LogP contribution < -0.4 is 5.32 Å². The van der Waals surface area contributed by atoms with Crippen LogP contribution in [0.5, 0.6) is 0 Å². The molecule has 1 aliphatic carbocycles. The Hall–Kier alpha value is -1.06. The number of halogens is 1. The summed E-state index contributed by atoms with van der Waals surface area (Å²) in [5.41, 5.74) is 5.12. The standard InChI is InChI=1S/C18H24N2O.ClH/c1-2-12-9-14(13-5-3-4-6-13)17-15(10-12)16-11-19-7-8-20(16)18(17)21;/h9-10,13,16,19H,2-8,11H2,1H3;1H/t16-;/m1./s1. The van der Waals surface area contributed by atoms with E-state index in [2.05, 4.69) is 29.3 Å². The molecule has 1 saturated carbocycles. The second kappa shape index (κ2) is 6.21. The molecule has 120 valence electrons. The average Bonchev–Trinajstić information content (AvgIpc) is 3.15. The minimum atomic E-state index is 0. The van der Waals surface area contributed by atoms with Gasteiger partial charge in [-0.3, -0.25) is 4.79 Å². The van der Waals surface area contributed by atoms with Crippen LogP contribution in [-0.2, 0) is 6.42 Å². The van der Waals surface area contributed by atoms with Crippen LogP contribution in [0.3, 0.4) is 0 Å². The lowest BCUT2D eigenvalue weighted by molar-refractivity contribution is 0.0690. The summed E-state index contributed by atoms with van der Waals surface area (Å²) in [5.74, 6) is 0.907. The fraction of sp³-hybridized carbons (Fsp3) is 0.611. The van der Waals surface area contributed by atoms with Crippen molar-refractivity contribution in [2.45, 2.75) is 51.0 Å². The van der Waals surface area contributed by atoms with Gasteiger partial charge in [-0.25, -0.2) is 0 Å². The summed E-state index contributed by atoms with van der Waals surface area (Å²) >= 11 is 0. The molecule has 1 amide bonds. The molecule has 22 heavy (non-hydrogen) atoms. The van der Waals surface area contributed by atoms with Crippen LogP contribution in [0.2, 0.25) is 0 Å². The highest BCUT2D eigenvalue weighted by Gasteiger charge is 2.41. The number of amides is 1. The summed E-state index contributed by atoms with van der Waals surface area (Å²) in [5, 5.41) is 3.45.